The maximum absolute atomic E-state index is 9.74. The van der Waals surface area contributed by atoms with Crippen LogP contribution in [0, 0.1) is 0 Å². The number of hydrogen-bond acceptors (Lipinski definition) is 11. The molecule has 40 heavy (non-hydrogen) atoms. The minimum absolute atomic E-state index is 0. The molecule has 0 bridgehead atoms. The van der Waals surface area contributed by atoms with Crippen molar-refractivity contribution >= 4 is 37.2 Å². The van der Waals surface area contributed by atoms with E-state index in [1.165, 1.54) is 0 Å². The van der Waals surface area contributed by atoms with Crippen LogP contribution in [0.25, 0.3) is 22.8 Å². The number of pyridine rings is 4. The van der Waals surface area contributed by atoms with Crippen molar-refractivity contribution in [1.82, 2.24) is 19.9 Å². The Hall–Kier alpha value is -2.80. The van der Waals surface area contributed by atoms with E-state index < -0.39 is 24.0 Å². The molecule has 4 rings (SSSR count). The van der Waals surface area contributed by atoms with Gasteiger partial charge in [0.1, 0.15) is 0 Å². The molecule has 0 fully saturated rings. The third-order valence-corrected chi connectivity index (χ3v) is 4.88. The number of aromatic nitrogens is 4. The molecule has 2 unspecified atom stereocenters. The Morgan fingerprint density at radius 3 is 1.02 bits per heavy atom. The number of nitrogens with two attached hydrogens (primary N) is 2. The van der Waals surface area contributed by atoms with Gasteiger partial charge in [-0.25, -0.2) is 0 Å². The van der Waals surface area contributed by atoms with Crippen molar-refractivity contribution in [3.8, 4) is 22.8 Å². The molecule has 0 aromatic carbocycles. The van der Waals surface area contributed by atoms with Gasteiger partial charge in [-0.2, -0.15) is 11.5 Å². The zero-order valence-electron chi connectivity index (χ0n) is 20.8. The summed E-state index contributed by atoms with van der Waals surface area (Å²) in [6.45, 7) is 0. The number of carboxylic acids is 2. The second-order valence-electron chi connectivity index (χ2n) is 7.06. The molecule has 4 heterocycles. The fraction of sp³-hybridized carbons (Fsp3) is 0.154. The Morgan fingerprint density at radius 2 is 0.925 bits per heavy atom. The van der Waals surface area contributed by atoms with E-state index in [2.05, 4.69) is 45.2 Å². The van der Waals surface area contributed by atoms with Crippen LogP contribution >= 0.6 is 0 Å². The fourth-order valence-electron chi connectivity index (χ4n) is 2.20. The van der Waals surface area contributed by atoms with Gasteiger partial charge in [0.25, 0.3) is 0 Å². The molecule has 0 aliphatic rings. The van der Waals surface area contributed by atoms with Gasteiger partial charge in [0.2, 0.25) is 0 Å². The second-order valence-corrected chi connectivity index (χ2v) is 7.73. The summed E-state index contributed by atoms with van der Waals surface area (Å²) >= 11 is 8.65. The largest absolute Gasteiger partial charge is 0.791 e. The van der Waals surface area contributed by atoms with Crippen LogP contribution in [0.15, 0.2) is 97.6 Å². The third kappa shape index (κ3) is 17.0. The molecule has 5 N–H and O–H groups in total. The first-order valence-electron chi connectivity index (χ1n) is 11.1. The number of carbonyl (C=O) groups is 2. The van der Waals surface area contributed by atoms with E-state index in [-0.39, 0.29) is 45.6 Å². The summed E-state index contributed by atoms with van der Waals surface area (Å²) in [4.78, 5) is 36.1. The normalized spacial score (nSPS) is 10.5. The van der Waals surface area contributed by atoms with Gasteiger partial charge >= 0.3 is 5.97 Å². The molecule has 0 saturated carbocycles. The van der Waals surface area contributed by atoms with Crippen LogP contribution < -0.4 is 16.6 Å². The molecular weight excluding hydrogens is 652 g/mol. The zero-order valence-corrected chi connectivity index (χ0v) is 24.4. The molecule has 4 aromatic rings. The monoisotopic (exact) mass is 677 g/mol. The molecule has 0 spiro atoms. The van der Waals surface area contributed by atoms with Gasteiger partial charge in [0, 0.05) is 65.0 Å². The van der Waals surface area contributed by atoms with E-state index in [0.717, 1.165) is 22.8 Å². The topological polar surface area (TPSA) is 181 Å². The summed E-state index contributed by atoms with van der Waals surface area (Å²) in [6, 6.07) is 21.3. The van der Waals surface area contributed by atoms with Crippen LogP contribution in [-0.2, 0) is 69.0 Å². The van der Waals surface area contributed by atoms with Crippen molar-refractivity contribution < 1.29 is 53.9 Å². The summed E-state index contributed by atoms with van der Waals surface area (Å²) in [6.07, 6.45) is 7.07. The average molecular weight is 679 g/mol. The van der Waals surface area contributed by atoms with E-state index in [0.29, 0.717) is 0 Å². The van der Waals surface area contributed by atoms with Crippen molar-refractivity contribution in [3.63, 3.8) is 0 Å². The first-order valence-corrected chi connectivity index (χ1v) is 12.2. The van der Waals surface area contributed by atoms with Gasteiger partial charge in [-0.15, -0.1) is 0 Å². The summed E-state index contributed by atoms with van der Waals surface area (Å²) in [5.74, 6) is -2.22. The van der Waals surface area contributed by atoms with Crippen LogP contribution in [0.5, 0.6) is 0 Å². The summed E-state index contributed by atoms with van der Waals surface area (Å²) in [5, 5.41) is 17.6. The van der Waals surface area contributed by atoms with Gasteiger partial charge in [0.05, 0.1) is 34.8 Å². The fourth-order valence-corrected chi connectivity index (χ4v) is 2.48. The number of aliphatic carboxylic acids is 2. The molecule has 14 heteroatoms. The molecule has 4 aromatic heterocycles. The average Bonchev–Trinajstić information content (AvgIpc) is 2.99. The Kier molecular flexibility index (Phi) is 23.6. The molecule has 0 saturated heterocycles. The first-order chi connectivity index (χ1) is 18.3. The Morgan fingerprint density at radius 1 is 0.650 bits per heavy atom. The number of carbonyl (C=O) groups excluding carboxylic acids is 1. The van der Waals surface area contributed by atoms with Crippen LogP contribution in [0.3, 0.4) is 0 Å². The predicted octanol–water partition coefficient (Wildman–Crippen LogP) is 0.838. The van der Waals surface area contributed by atoms with Gasteiger partial charge in [-0.1, -0.05) is 24.3 Å². The molecule has 2 radical (unpaired) electrons. The minimum Gasteiger partial charge on any atom is -0.791 e. The van der Waals surface area contributed by atoms with Crippen molar-refractivity contribution in [2.45, 2.75) is 12.1 Å². The third-order valence-electron chi connectivity index (χ3n) is 4.16. The number of rotatable bonds is 6. The van der Waals surface area contributed by atoms with Crippen LogP contribution in [0.2, 0.25) is 0 Å². The van der Waals surface area contributed by atoms with Crippen LogP contribution in [-0.4, -0.2) is 60.6 Å². The molecule has 0 amide bonds. The smallest absolute Gasteiger partial charge is 0.318 e. The number of nitrogens with zero attached hydrogens (tertiary/aromatic N) is 4. The van der Waals surface area contributed by atoms with Crippen LogP contribution in [0.4, 0.5) is 0 Å². The zero-order chi connectivity index (χ0) is 28.2. The maximum Gasteiger partial charge on any atom is 0.318 e. The van der Waals surface area contributed by atoms with Gasteiger partial charge in [-0.05, 0) is 48.5 Å². The van der Waals surface area contributed by atoms with Crippen molar-refractivity contribution in [3.05, 3.63) is 97.6 Å². The van der Waals surface area contributed by atoms with E-state index in [9.17, 15) is 14.7 Å². The Bertz CT molecular complexity index is 1020. The first kappa shape index (κ1) is 39.3. The quantitative estimate of drug-likeness (QED) is 0.194. The molecule has 0 aliphatic heterocycles. The van der Waals surface area contributed by atoms with E-state index >= 15 is 0 Å². The van der Waals surface area contributed by atoms with E-state index in [1.54, 1.807) is 24.8 Å². The van der Waals surface area contributed by atoms with Crippen LogP contribution in [0.1, 0.15) is 0 Å². The summed E-state index contributed by atoms with van der Waals surface area (Å²) < 4.78 is 0. The minimum atomic E-state index is -1.28. The van der Waals surface area contributed by atoms with Gasteiger partial charge < -0.3 is 51.7 Å². The van der Waals surface area contributed by atoms with Gasteiger partial charge in [-0.3, -0.25) is 24.7 Å². The second kappa shape index (κ2) is 24.0. The van der Waals surface area contributed by atoms with E-state index in [1.807, 2.05) is 72.8 Å². The van der Waals surface area contributed by atoms with Crippen molar-refractivity contribution in [2.75, 3.05) is 11.5 Å². The summed E-state index contributed by atoms with van der Waals surface area (Å²) in [7, 11) is 0. The van der Waals surface area contributed by atoms with Gasteiger partial charge in [0.15, 0.2) is 0 Å². The molecule has 10 nitrogen and oxygen atoms in total. The molecule has 2 atom stereocenters. The maximum atomic E-state index is 9.74. The number of carboxylic acid groups (broad SMARTS) is 2. The summed E-state index contributed by atoms with van der Waals surface area (Å²) in [5.41, 5.74) is 13.4. The predicted molar refractivity (Wildman–Crippen MR) is 148 cm³/mol. The Balaban J connectivity index is 0. The van der Waals surface area contributed by atoms with Crippen molar-refractivity contribution in [1.29, 1.82) is 0 Å². The molecule has 0 aliphatic carbocycles. The molecule has 222 valence electrons. The molecular formula is C26H27Cu2N6O4S2-3. The Labute approximate surface area is 265 Å². The van der Waals surface area contributed by atoms with E-state index in [4.69, 9.17) is 16.6 Å². The number of hydrogen-bond donors (Lipinski definition) is 3. The SMILES string of the molecule is NC(C[S-])C(=O)O.NC(C[S-])C(=O)[O-].[Cu].[Cu].c1ccc(-c2ccccn2)nc1.c1ccc(-c2ccccn2)nc1. The standard InChI is InChI=1S/2C10H8N2.2C3H7NO2S.2Cu/c2*1-3-7-11-9(5-1)10-6-2-4-8-12-10;2*4-2(1-7)3(5)6;;/h2*1-8H;2*2,7H,1,4H2,(H,5,6);;/p-3. The van der Waals surface area contributed by atoms with Crippen molar-refractivity contribution in [2.24, 2.45) is 11.5 Å².